The lowest BCUT2D eigenvalue weighted by molar-refractivity contribution is 0.0169. The van der Waals surface area contributed by atoms with Crippen molar-refractivity contribution in [2.75, 3.05) is 37.9 Å². The molecule has 0 unspecified atom stereocenters. The minimum absolute atomic E-state index is 0.169. The summed E-state index contributed by atoms with van der Waals surface area (Å²) in [5.41, 5.74) is 3.63. The van der Waals surface area contributed by atoms with E-state index in [9.17, 15) is 9.59 Å². The summed E-state index contributed by atoms with van der Waals surface area (Å²) in [6.07, 6.45) is 2.83. The van der Waals surface area contributed by atoms with Gasteiger partial charge in [-0.15, -0.1) is 0 Å². The Balaban J connectivity index is 1.39. The number of nitrogens with zero attached hydrogens (tertiary/aromatic N) is 4. The average Bonchev–Trinajstić information content (AvgIpc) is 3.53. The van der Waals surface area contributed by atoms with Crippen LogP contribution in [0, 0.1) is 0 Å². The van der Waals surface area contributed by atoms with Crippen molar-refractivity contribution >= 4 is 46.0 Å². The van der Waals surface area contributed by atoms with Gasteiger partial charge in [0.1, 0.15) is 28.6 Å². The first-order chi connectivity index (χ1) is 24.0. The van der Waals surface area contributed by atoms with Crippen molar-refractivity contribution < 1.29 is 23.8 Å². The predicted octanol–water partition coefficient (Wildman–Crippen LogP) is 8.21. The van der Waals surface area contributed by atoms with Crippen molar-refractivity contribution in [3.05, 3.63) is 95.1 Å². The lowest BCUT2D eigenvalue weighted by atomic mass is 10.0. The molecule has 1 aliphatic rings. The smallest absolute Gasteiger partial charge is 0.410 e. The van der Waals surface area contributed by atoms with Crippen molar-refractivity contribution in [1.29, 1.82) is 0 Å². The number of fused-ring (bicyclic) bond motifs is 1. The maximum absolute atomic E-state index is 13.1. The minimum Gasteiger partial charge on any atom is -0.497 e. The maximum atomic E-state index is 13.1. The highest BCUT2D eigenvalue weighted by Crippen LogP contribution is 2.40. The number of amides is 2. The second kappa shape index (κ2) is 14.7. The van der Waals surface area contributed by atoms with Crippen LogP contribution < -0.4 is 20.1 Å². The van der Waals surface area contributed by atoms with Gasteiger partial charge in [0.25, 0.3) is 5.91 Å². The van der Waals surface area contributed by atoms with Gasteiger partial charge in [-0.3, -0.25) is 9.48 Å². The number of halogens is 1. The molecule has 3 aromatic carbocycles. The molecule has 0 spiro atoms. The van der Waals surface area contributed by atoms with Crippen LogP contribution in [-0.2, 0) is 11.3 Å². The van der Waals surface area contributed by atoms with Crippen LogP contribution in [0.1, 0.15) is 55.6 Å². The Hall–Kier alpha value is -5.29. The van der Waals surface area contributed by atoms with Crippen LogP contribution in [0.5, 0.6) is 11.5 Å². The molecule has 0 saturated carbocycles. The molecule has 1 aliphatic heterocycles. The molecule has 6 rings (SSSR count). The number of pyridine rings is 1. The zero-order valence-corrected chi connectivity index (χ0v) is 29.6. The van der Waals surface area contributed by atoms with Crippen LogP contribution in [0.4, 0.5) is 16.3 Å². The molecule has 2 amide bonds. The number of benzene rings is 3. The zero-order valence-electron chi connectivity index (χ0n) is 28.8. The van der Waals surface area contributed by atoms with E-state index in [1.54, 1.807) is 37.4 Å². The molecule has 50 heavy (non-hydrogen) atoms. The van der Waals surface area contributed by atoms with E-state index in [2.05, 4.69) is 10.6 Å². The van der Waals surface area contributed by atoms with Gasteiger partial charge in [0, 0.05) is 48.1 Å². The van der Waals surface area contributed by atoms with E-state index in [1.807, 2.05) is 86.1 Å². The summed E-state index contributed by atoms with van der Waals surface area (Å²) in [6.45, 7) is 6.98. The van der Waals surface area contributed by atoms with E-state index < -0.39 is 5.60 Å². The van der Waals surface area contributed by atoms with Crippen LogP contribution in [0.15, 0.2) is 79.0 Å². The number of ether oxygens (including phenoxy) is 3. The van der Waals surface area contributed by atoms with Crippen molar-refractivity contribution in [1.82, 2.24) is 19.7 Å². The Morgan fingerprint density at radius 1 is 1.00 bits per heavy atom. The van der Waals surface area contributed by atoms with Gasteiger partial charge >= 0.3 is 6.09 Å². The largest absolute Gasteiger partial charge is 0.497 e. The van der Waals surface area contributed by atoms with E-state index in [0.29, 0.717) is 64.4 Å². The fourth-order valence-electron chi connectivity index (χ4n) is 6.06. The van der Waals surface area contributed by atoms with E-state index in [0.717, 1.165) is 29.4 Å². The average molecular weight is 697 g/mol. The number of nitrogens with one attached hydrogen (secondary N) is 2. The molecule has 2 N–H and O–H groups in total. The third-order valence-corrected chi connectivity index (χ3v) is 8.74. The monoisotopic (exact) mass is 696 g/mol. The molecule has 0 radical (unpaired) electrons. The Kier molecular flexibility index (Phi) is 10.1. The summed E-state index contributed by atoms with van der Waals surface area (Å²) >= 11 is 6.94. The first kappa shape index (κ1) is 34.6. The molecule has 0 bridgehead atoms. The van der Waals surface area contributed by atoms with Gasteiger partial charge in [-0.25, -0.2) is 9.78 Å². The maximum Gasteiger partial charge on any atom is 0.410 e. The van der Waals surface area contributed by atoms with Gasteiger partial charge in [0.2, 0.25) is 0 Å². The second-order valence-corrected chi connectivity index (χ2v) is 13.5. The number of hydrogen-bond acceptors (Lipinski definition) is 8. The van der Waals surface area contributed by atoms with Crippen LogP contribution in [0.2, 0.25) is 5.02 Å². The Labute approximate surface area is 296 Å². The lowest BCUT2D eigenvalue weighted by Gasteiger charge is -2.34. The van der Waals surface area contributed by atoms with Gasteiger partial charge in [0.05, 0.1) is 42.4 Å². The van der Waals surface area contributed by atoms with Crippen molar-refractivity contribution in [2.24, 2.45) is 0 Å². The number of hydrogen-bond donors (Lipinski definition) is 2. The highest BCUT2D eigenvalue weighted by molar-refractivity contribution is 6.35. The zero-order chi connectivity index (χ0) is 35.4. The summed E-state index contributed by atoms with van der Waals surface area (Å²) in [6, 6.07) is 22.1. The quantitative estimate of drug-likeness (QED) is 0.158. The van der Waals surface area contributed by atoms with Crippen LogP contribution in [0.25, 0.3) is 22.2 Å². The molecule has 260 valence electrons. The van der Waals surface area contributed by atoms with Crippen LogP contribution in [-0.4, -0.2) is 64.6 Å². The summed E-state index contributed by atoms with van der Waals surface area (Å²) in [7, 11) is 3.23. The minimum atomic E-state index is -0.609. The number of para-hydroxylation sites is 1. The molecule has 12 heteroatoms. The van der Waals surface area contributed by atoms with E-state index in [4.69, 9.17) is 35.9 Å². The third-order valence-electron chi connectivity index (χ3n) is 8.47. The fraction of sp³-hybridized carbons (Fsp3) is 0.316. The van der Waals surface area contributed by atoms with Crippen molar-refractivity contribution in [3.8, 4) is 22.8 Å². The number of piperidine rings is 1. The van der Waals surface area contributed by atoms with Crippen molar-refractivity contribution in [3.63, 3.8) is 0 Å². The molecule has 1 fully saturated rings. The highest BCUT2D eigenvalue weighted by atomic mass is 35.5. The summed E-state index contributed by atoms with van der Waals surface area (Å²) in [4.78, 5) is 32.6. The summed E-state index contributed by atoms with van der Waals surface area (Å²) in [5.74, 6) is 1.72. The molecule has 2 aromatic heterocycles. The van der Waals surface area contributed by atoms with E-state index in [-0.39, 0.29) is 18.0 Å². The van der Waals surface area contributed by atoms with Gasteiger partial charge in [-0.05, 0) is 70.0 Å². The summed E-state index contributed by atoms with van der Waals surface area (Å²) < 4.78 is 18.6. The topological polar surface area (TPSA) is 120 Å². The van der Waals surface area contributed by atoms with Gasteiger partial charge in [-0.1, -0.05) is 41.9 Å². The molecule has 3 heterocycles. The van der Waals surface area contributed by atoms with Gasteiger partial charge in [-0.2, -0.15) is 5.10 Å². The molecule has 1 saturated heterocycles. The Bertz CT molecular complexity index is 1990. The standard InChI is InChI=1S/C38H41ClN6O5/c1-38(2,3)50-37(47)44-19-9-12-28(23-44)45-34-30(39)22-41-35(40-21-26-17-18-29(48-4)20-31(26)49-5)32(34)33(43-45)24-13-15-25(16-14-24)36(46)42-27-10-7-6-8-11-27/h6-8,10-11,13-18,20,22,28H,9,12,19,21,23H2,1-5H3,(H,40,41)(H,42,46)/t28-/m1/s1. The number of likely N-dealkylation sites (tertiary alicyclic amines) is 1. The van der Waals surface area contributed by atoms with E-state index >= 15 is 0 Å². The molecule has 0 aliphatic carbocycles. The lowest BCUT2D eigenvalue weighted by Crippen LogP contribution is -2.43. The first-order valence-corrected chi connectivity index (χ1v) is 16.9. The van der Waals surface area contributed by atoms with Crippen LogP contribution in [0.3, 0.4) is 0 Å². The first-order valence-electron chi connectivity index (χ1n) is 16.5. The van der Waals surface area contributed by atoms with Gasteiger partial charge < -0.3 is 29.7 Å². The number of methoxy groups -OCH3 is 2. The SMILES string of the molecule is COc1ccc(CNc2ncc(Cl)c3c2c(-c2ccc(C(=O)Nc4ccccc4)cc2)nn3[C@@H]2CCCN(C(=O)OC(C)(C)C)C2)c(OC)c1. The second-order valence-electron chi connectivity index (χ2n) is 13.1. The van der Waals surface area contributed by atoms with Crippen LogP contribution >= 0.6 is 11.6 Å². The normalized spacial score (nSPS) is 14.7. The number of carbonyl (C=O) groups excluding carboxylic acids is 2. The number of anilines is 2. The van der Waals surface area contributed by atoms with Gasteiger partial charge in [0.15, 0.2) is 0 Å². The highest BCUT2D eigenvalue weighted by Gasteiger charge is 2.31. The molecule has 1 atom stereocenters. The number of carbonyl (C=O) groups is 2. The fourth-order valence-corrected chi connectivity index (χ4v) is 6.29. The Morgan fingerprint density at radius 2 is 1.76 bits per heavy atom. The number of rotatable bonds is 9. The predicted molar refractivity (Wildman–Crippen MR) is 195 cm³/mol. The molecular weight excluding hydrogens is 656 g/mol. The number of aromatic nitrogens is 3. The molecule has 5 aromatic rings. The Morgan fingerprint density at radius 3 is 2.46 bits per heavy atom. The molecule has 11 nitrogen and oxygen atoms in total. The van der Waals surface area contributed by atoms with Crippen molar-refractivity contribution in [2.45, 2.75) is 51.8 Å². The third kappa shape index (κ3) is 7.63. The molecular formula is C38H41ClN6O5. The summed E-state index contributed by atoms with van der Waals surface area (Å²) in [5, 5.41) is 12.7. The van der Waals surface area contributed by atoms with E-state index in [1.165, 1.54) is 0 Å².